The molecule has 2 aliphatic heterocycles. The van der Waals surface area contributed by atoms with Gasteiger partial charge in [-0.3, -0.25) is 19.3 Å². The molecule has 0 aromatic heterocycles. The van der Waals surface area contributed by atoms with Gasteiger partial charge in [0.25, 0.3) is 5.91 Å². The van der Waals surface area contributed by atoms with Crippen molar-refractivity contribution in [3.05, 3.63) is 76.8 Å². The van der Waals surface area contributed by atoms with Crippen molar-refractivity contribution in [1.29, 1.82) is 0 Å². The lowest BCUT2D eigenvalue weighted by Crippen LogP contribution is -2.44. The van der Waals surface area contributed by atoms with Crippen LogP contribution in [0.2, 0.25) is 0 Å². The number of anilines is 1. The van der Waals surface area contributed by atoms with Crippen molar-refractivity contribution in [1.82, 2.24) is 10.2 Å². The number of rotatable bonds is 10. The smallest absolute Gasteiger partial charge is 0.322 e. The molecule has 4 N–H and O–H groups in total. The predicted octanol–water partition coefficient (Wildman–Crippen LogP) is 3.16. The number of nitrogens with zero attached hydrogens (tertiary/aromatic N) is 1. The van der Waals surface area contributed by atoms with Gasteiger partial charge < -0.3 is 25.6 Å². The van der Waals surface area contributed by atoms with E-state index in [4.69, 9.17) is 9.84 Å². The minimum Gasteiger partial charge on any atom is -0.493 e. The number of aliphatic hydroxyl groups excluding tert-OH is 1. The van der Waals surface area contributed by atoms with Crippen molar-refractivity contribution < 1.29 is 33.7 Å². The second-order valence-corrected chi connectivity index (χ2v) is 9.48. The maximum Gasteiger partial charge on any atom is 0.322 e. The number of likely N-dealkylation sites (tertiary alicyclic amines) is 1. The normalized spacial score (nSPS) is 20.4. The Hall–Kier alpha value is -4.02. The summed E-state index contributed by atoms with van der Waals surface area (Å²) in [7, 11) is 0. The van der Waals surface area contributed by atoms with E-state index in [1.807, 2.05) is 49.1 Å². The minimum atomic E-state index is -1.13. The quantitative estimate of drug-likeness (QED) is 0.271. The van der Waals surface area contributed by atoms with Crippen molar-refractivity contribution in [2.75, 3.05) is 25.0 Å². The first kappa shape index (κ1) is 28.0. The molecule has 9 nitrogen and oxygen atoms in total. The average molecular weight is 538 g/mol. The Morgan fingerprint density at radius 3 is 2.62 bits per heavy atom. The van der Waals surface area contributed by atoms with E-state index in [2.05, 4.69) is 10.6 Å². The predicted molar refractivity (Wildman–Crippen MR) is 144 cm³/mol. The van der Waals surface area contributed by atoms with E-state index in [9.17, 15) is 23.9 Å². The molecular formula is C29H32FN3O6. The first-order chi connectivity index (χ1) is 18.7. The molecule has 0 bridgehead atoms. The number of aliphatic hydroxyl groups is 1. The zero-order valence-corrected chi connectivity index (χ0v) is 21.9. The number of benzene rings is 2. The SMILES string of the molecule is CCOC(/C=C(\CC)c1ccc(CN2C[C@H](O)C[C@H]2C(=O)NCC(=O)O)cc1)=C1/C(=O)Nc2ccc(F)cc21. The van der Waals surface area contributed by atoms with Crippen LogP contribution in [-0.2, 0) is 25.7 Å². The Morgan fingerprint density at radius 1 is 1.21 bits per heavy atom. The lowest BCUT2D eigenvalue weighted by atomic mass is 9.98. The lowest BCUT2D eigenvalue weighted by Gasteiger charge is -2.23. The van der Waals surface area contributed by atoms with Gasteiger partial charge in [-0.1, -0.05) is 31.2 Å². The van der Waals surface area contributed by atoms with Crippen LogP contribution in [0.25, 0.3) is 11.1 Å². The molecule has 10 heteroatoms. The molecule has 1 saturated heterocycles. The number of ether oxygens (including phenoxy) is 1. The Morgan fingerprint density at radius 2 is 1.95 bits per heavy atom. The van der Waals surface area contributed by atoms with Crippen molar-refractivity contribution in [2.24, 2.45) is 0 Å². The number of fused-ring (bicyclic) bond motifs is 1. The third-order valence-corrected chi connectivity index (χ3v) is 6.77. The van der Waals surface area contributed by atoms with Crippen molar-refractivity contribution >= 4 is 34.6 Å². The third kappa shape index (κ3) is 6.52. The fraction of sp³-hybridized carbons (Fsp3) is 0.345. The van der Waals surface area contributed by atoms with Crippen LogP contribution in [0.1, 0.15) is 43.4 Å². The number of carbonyl (C=O) groups excluding carboxylic acids is 2. The molecule has 0 unspecified atom stereocenters. The van der Waals surface area contributed by atoms with E-state index in [0.29, 0.717) is 43.1 Å². The highest BCUT2D eigenvalue weighted by Crippen LogP contribution is 2.36. The number of carboxylic acids is 1. The van der Waals surface area contributed by atoms with Crippen molar-refractivity contribution in [2.45, 2.75) is 45.4 Å². The van der Waals surface area contributed by atoms with Gasteiger partial charge in [-0.05, 0) is 60.7 Å². The monoisotopic (exact) mass is 537 g/mol. The Bertz CT molecular complexity index is 1320. The molecule has 2 amide bonds. The number of β-amino-alcohol motifs (C(OH)–C–C–N with tert-alkyl or cyclic N) is 1. The molecule has 0 radical (unpaired) electrons. The van der Waals surface area contributed by atoms with Gasteiger partial charge in [-0.2, -0.15) is 0 Å². The highest BCUT2D eigenvalue weighted by Gasteiger charge is 2.36. The number of hydrogen-bond donors (Lipinski definition) is 4. The van der Waals surface area contributed by atoms with E-state index in [-0.39, 0.29) is 17.9 Å². The average Bonchev–Trinajstić information content (AvgIpc) is 3.43. The van der Waals surface area contributed by atoms with Crippen LogP contribution in [-0.4, -0.2) is 64.7 Å². The summed E-state index contributed by atoms with van der Waals surface area (Å²) >= 11 is 0. The molecule has 2 aromatic carbocycles. The molecule has 206 valence electrons. The number of nitrogens with one attached hydrogen (secondary N) is 2. The standard InChI is InChI=1S/C29H32FN3O6/c1-3-18(11-25(39-4-2)27-22-12-20(30)9-10-23(22)32-29(27)38)19-7-5-17(6-8-19)15-33-16-21(34)13-24(33)28(37)31-14-26(35)36/h5-12,21,24,34H,3-4,13-16H2,1-2H3,(H,31,37)(H,32,38)(H,35,36)/b18-11+,27-25+/t21-,24+/m1/s1. The van der Waals surface area contributed by atoms with Crippen LogP contribution in [0.15, 0.2) is 54.3 Å². The summed E-state index contributed by atoms with van der Waals surface area (Å²) in [4.78, 5) is 37.9. The first-order valence-electron chi connectivity index (χ1n) is 12.9. The number of amides is 2. The van der Waals surface area contributed by atoms with Gasteiger partial charge >= 0.3 is 5.97 Å². The molecule has 0 aliphatic carbocycles. The summed E-state index contributed by atoms with van der Waals surface area (Å²) in [6.45, 7) is 4.38. The van der Waals surface area contributed by atoms with E-state index in [1.54, 1.807) is 0 Å². The van der Waals surface area contributed by atoms with Crippen LogP contribution in [0.3, 0.4) is 0 Å². The Balaban J connectivity index is 1.56. The Labute approximate surface area is 226 Å². The van der Waals surface area contributed by atoms with Crippen LogP contribution >= 0.6 is 0 Å². The van der Waals surface area contributed by atoms with Crippen LogP contribution in [0.4, 0.5) is 10.1 Å². The first-order valence-corrected chi connectivity index (χ1v) is 12.9. The van der Waals surface area contributed by atoms with E-state index in [0.717, 1.165) is 16.7 Å². The Kier molecular flexibility index (Phi) is 8.78. The number of carbonyl (C=O) groups is 3. The zero-order chi connectivity index (χ0) is 28.1. The molecule has 2 aliphatic rings. The maximum atomic E-state index is 14.0. The molecule has 1 fully saturated rings. The number of aliphatic carboxylic acids is 1. The summed E-state index contributed by atoms with van der Waals surface area (Å²) in [5.41, 5.74) is 4.02. The van der Waals surface area contributed by atoms with E-state index < -0.39 is 36.4 Å². The number of halogens is 1. The van der Waals surface area contributed by atoms with E-state index in [1.165, 1.54) is 18.2 Å². The molecule has 0 saturated carbocycles. The fourth-order valence-electron chi connectivity index (χ4n) is 4.94. The second-order valence-electron chi connectivity index (χ2n) is 9.48. The maximum absolute atomic E-state index is 14.0. The highest BCUT2D eigenvalue weighted by molar-refractivity contribution is 6.32. The molecule has 0 spiro atoms. The molecule has 2 heterocycles. The summed E-state index contributed by atoms with van der Waals surface area (Å²) < 4.78 is 19.8. The lowest BCUT2D eigenvalue weighted by molar-refractivity contribution is -0.138. The van der Waals surface area contributed by atoms with Gasteiger partial charge in [0.05, 0.1) is 24.3 Å². The number of carboxylic acid groups (broad SMARTS) is 1. The molecule has 2 aromatic rings. The highest BCUT2D eigenvalue weighted by atomic mass is 19.1. The number of allylic oxidation sites excluding steroid dienone is 2. The van der Waals surface area contributed by atoms with Crippen LogP contribution in [0.5, 0.6) is 0 Å². The molecular weight excluding hydrogens is 505 g/mol. The summed E-state index contributed by atoms with van der Waals surface area (Å²) in [6, 6.07) is 11.3. The molecule has 4 rings (SSSR count). The van der Waals surface area contributed by atoms with E-state index >= 15 is 0 Å². The van der Waals surface area contributed by atoms with Gasteiger partial charge in [-0.25, -0.2) is 4.39 Å². The van der Waals surface area contributed by atoms with Gasteiger partial charge in [0.2, 0.25) is 5.91 Å². The summed E-state index contributed by atoms with van der Waals surface area (Å²) in [5.74, 6) is -1.98. The fourth-order valence-corrected chi connectivity index (χ4v) is 4.94. The van der Waals surface area contributed by atoms with Gasteiger partial charge in [0.1, 0.15) is 18.1 Å². The van der Waals surface area contributed by atoms with Crippen molar-refractivity contribution in [3.63, 3.8) is 0 Å². The van der Waals surface area contributed by atoms with Gasteiger partial charge in [0.15, 0.2) is 0 Å². The topological polar surface area (TPSA) is 128 Å². The van der Waals surface area contributed by atoms with Gasteiger partial charge in [-0.15, -0.1) is 0 Å². The van der Waals surface area contributed by atoms with Crippen LogP contribution < -0.4 is 10.6 Å². The number of hydrogen-bond acceptors (Lipinski definition) is 6. The minimum absolute atomic E-state index is 0.238. The summed E-state index contributed by atoms with van der Waals surface area (Å²) in [5, 5.41) is 24.1. The molecule has 2 atom stereocenters. The largest absolute Gasteiger partial charge is 0.493 e. The summed E-state index contributed by atoms with van der Waals surface area (Å²) in [6.07, 6.45) is 2.02. The zero-order valence-electron chi connectivity index (χ0n) is 21.9. The van der Waals surface area contributed by atoms with Crippen molar-refractivity contribution in [3.8, 4) is 0 Å². The van der Waals surface area contributed by atoms with Crippen LogP contribution in [0, 0.1) is 5.82 Å². The second kappa shape index (κ2) is 12.2. The van der Waals surface area contributed by atoms with Gasteiger partial charge in [0, 0.05) is 24.3 Å². The third-order valence-electron chi connectivity index (χ3n) is 6.77. The molecule has 39 heavy (non-hydrogen) atoms.